The lowest BCUT2D eigenvalue weighted by Gasteiger charge is -2.31. The fraction of sp³-hybridized carbons (Fsp3) is 0.115. The predicted molar refractivity (Wildman–Crippen MR) is 267 cm³/mol. The van der Waals surface area contributed by atoms with Crippen LogP contribution >= 0.6 is 0 Å². The number of rotatable bonds is 7. The molecule has 0 aliphatic heterocycles. The molecular weight excluding hydrogens is 761 g/mol. The third-order valence-electron chi connectivity index (χ3n) is 14.0. The number of fused-ring (bicyclic) bond motifs is 7. The minimum atomic E-state index is -0.141. The highest BCUT2D eigenvalue weighted by Crippen LogP contribution is 2.56. The number of aromatic nitrogens is 1. The lowest BCUT2D eigenvalue weighted by molar-refractivity contribution is 0.660. The van der Waals surface area contributed by atoms with E-state index in [4.69, 9.17) is 0 Å². The van der Waals surface area contributed by atoms with Crippen LogP contribution in [0.25, 0.3) is 61.3 Å². The molecule has 2 heteroatoms. The van der Waals surface area contributed by atoms with Crippen LogP contribution in [0.1, 0.15) is 66.1 Å². The molecule has 3 aliphatic carbocycles. The quantitative estimate of drug-likeness (QED) is 0.156. The number of benzene rings is 8. The minimum Gasteiger partial charge on any atom is -0.313 e. The average Bonchev–Trinajstić information content (AvgIpc) is 3.80. The Hall–Kier alpha value is -7.42. The van der Waals surface area contributed by atoms with Crippen LogP contribution in [0.2, 0.25) is 0 Å². The molecule has 8 aromatic carbocycles. The standard InChI is InChI=1S/C61H48N2/c1-61(2)53-24-13-11-23-52(53)60-54(61)25-15-27-56(60)63(48-37-38-51-50-22-12-14-26-55(50)62(58(51)40-48)47-19-7-4-8-20-47)57-39-36-45-18-9-10-21-49(45)59(57)46-34-32-44(33-35-46)43-30-28-42(29-31-43)41-16-5-3-6-17-41/h3-13,15-25,27-30,32-40,43H,14,26,31H2,1-2H3. The second-order valence-electron chi connectivity index (χ2n) is 17.9. The van der Waals surface area contributed by atoms with Crippen molar-refractivity contribution in [3.05, 3.63) is 240 Å². The first-order valence-electron chi connectivity index (χ1n) is 22.5. The first-order valence-corrected chi connectivity index (χ1v) is 22.5. The maximum atomic E-state index is 2.57. The molecule has 1 heterocycles. The average molecular weight is 809 g/mol. The highest BCUT2D eigenvalue weighted by Gasteiger charge is 2.38. The number of hydrogen-bond donors (Lipinski definition) is 0. The molecule has 3 aliphatic rings. The van der Waals surface area contributed by atoms with Gasteiger partial charge in [-0.15, -0.1) is 0 Å². The summed E-state index contributed by atoms with van der Waals surface area (Å²) in [6.07, 6.45) is 14.8. The zero-order chi connectivity index (χ0) is 42.1. The number of hydrogen-bond acceptors (Lipinski definition) is 1. The van der Waals surface area contributed by atoms with Crippen molar-refractivity contribution >= 4 is 50.4 Å². The van der Waals surface area contributed by atoms with Gasteiger partial charge >= 0.3 is 0 Å². The predicted octanol–water partition coefficient (Wildman–Crippen LogP) is 16.3. The van der Waals surface area contributed by atoms with Gasteiger partial charge in [-0.3, -0.25) is 0 Å². The van der Waals surface area contributed by atoms with E-state index in [9.17, 15) is 0 Å². The summed E-state index contributed by atoms with van der Waals surface area (Å²) in [6.45, 7) is 4.76. The van der Waals surface area contributed by atoms with Crippen LogP contribution in [0.3, 0.4) is 0 Å². The highest BCUT2D eigenvalue weighted by molar-refractivity contribution is 6.08. The topological polar surface area (TPSA) is 8.17 Å². The summed E-state index contributed by atoms with van der Waals surface area (Å²) in [7, 11) is 0. The summed E-state index contributed by atoms with van der Waals surface area (Å²) in [4.78, 5) is 2.57. The molecule has 0 saturated heterocycles. The Morgan fingerprint density at radius 3 is 2.16 bits per heavy atom. The van der Waals surface area contributed by atoms with Gasteiger partial charge in [0.05, 0.1) is 16.9 Å². The van der Waals surface area contributed by atoms with Gasteiger partial charge in [-0.25, -0.2) is 0 Å². The van der Waals surface area contributed by atoms with Crippen molar-refractivity contribution in [2.24, 2.45) is 0 Å². The van der Waals surface area contributed by atoms with Gasteiger partial charge in [0, 0.05) is 50.5 Å². The molecule has 0 fully saturated rings. The minimum absolute atomic E-state index is 0.141. The van der Waals surface area contributed by atoms with Crippen molar-refractivity contribution in [1.82, 2.24) is 4.57 Å². The third-order valence-corrected chi connectivity index (χ3v) is 14.0. The van der Waals surface area contributed by atoms with E-state index < -0.39 is 0 Å². The van der Waals surface area contributed by atoms with Gasteiger partial charge < -0.3 is 9.47 Å². The molecule has 9 aromatic rings. The Bertz CT molecular complexity index is 3320. The highest BCUT2D eigenvalue weighted by atomic mass is 15.2. The molecule has 2 nitrogen and oxygen atoms in total. The number of para-hydroxylation sites is 1. The molecule has 0 amide bonds. The van der Waals surface area contributed by atoms with E-state index in [0.29, 0.717) is 5.92 Å². The van der Waals surface area contributed by atoms with Crippen LogP contribution < -0.4 is 4.90 Å². The van der Waals surface area contributed by atoms with E-state index >= 15 is 0 Å². The molecule has 0 bridgehead atoms. The van der Waals surface area contributed by atoms with Crippen LogP contribution in [-0.4, -0.2) is 4.57 Å². The third kappa shape index (κ3) is 6.08. The zero-order valence-electron chi connectivity index (χ0n) is 35.8. The smallest absolute Gasteiger partial charge is 0.0558 e. The van der Waals surface area contributed by atoms with E-state index in [1.165, 1.54) is 94.4 Å². The molecule has 0 N–H and O–H groups in total. The fourth-order valence-corrected chi connectivity index (χ4v) is 10.9. The molecule has 0 radical (unpaired) electrons. The molecule has 1 unspecified atom stereocenters. The van der Waals surface area contributed by atoms with Crippen LogP contribution in [0.15, 0.2) is 206 Å². The van der Waals surface area contributed by atoms with Gasteiger partial charge in [0.25, 0.3) is 0 Å². The van der Waals surface area contributed by atoms with E-state index in [1.54, 1.807) is 0 Å². The van der Waals surface area contributed by atoms with E-state index in [-0.39, 0.29) is 5.41 Å². The van der Waals surface area contributed by atoms with Gasteiger partial charge in [-0.2, -0.15) is 0 Å². The lowest BCUT2D eigenvalue weighted by atomic mass is 9.82. The Morgan fingerprint density at radius 1 is 0.587 bits per heavy atom. The van der Waals surface area contributed by atoms with Crippen molar-refractivity contribution in [3.8, 4) is 27.9 Å². The summed E-state index contributed by atoms with van der Waals surface area (Å²) >= 11 is 0. The van der Waals surface area contributed by atoms with Crippen molar-refractivity contribution in [1.29, 1.82) is 0 Å². The Kier molecular flexibility index (Phi) is 8.83. The second-order valence-corrected chi connectivity index (χ2v) is 17.9. The van der Waals surface area contributed by atoms with E-state index in [2.05, 4.69) is 236 Å². The van der Waals surface area contributed by atoms with Crippen LogP contribution in [0, 0.1) is 0 Å². The van der Waals surface area contributed by atoms with Gasteiger partial charge in [-0.1, -0.05) is 190 Å². The summed E-state index contributed by atoms with van der Waals surface area (Å²) in [6, 6.07) is 67.9. The first kappa shape index (κ1) is 37.4. The number of allylic oxidation sites excluding steroid dienone is 5. The summed E-state index contributed by atoms with van der Waals surface area (Å²) in [5, 5.41) is 3.75. The molecule has 12 rings (SSSR count). The van der Waals surface area contributed by atoms with Crippen LogP contribution in [0.5, 0.6) is 0 Å². The SMILES string of the molecule is CC1(C)c2ccccc2-c2c(N(c3ccc4c5c(n(-c6ccccc6)c4c3)CCC=C5)c3ccc4ccccc4c3-c3ccc(C4C=CC(c5ccccc5)=CC4)cc3)cccc21. The number of anilines is 3. The van der Waals surface area contributed by atoms with Crippen LogP contribution in [-0.2, 0) is 11.8 Å². The Labute approximate surface area is 370 Å². The summed E-state index contributed by atoms with van der Waals surface area (Å²) in [5.41, 5.74) is 20.2. The van der Waals surface area contributed by atoms with E-state index in [1.807, 2.05) is 0 Å². The molecule has 1 aromatic heterocycles. The zero-order valence-corrected chi connectivity index (χ0v) is 35.8. The van der Waals surface area contributed by atoms with Gasteiger partial charge in [-0.05, 0) is 105 Å². The first-order chi connectivity index (χ1) is 31.0. The summed E-state index contributed by atoms with van der Waals surface area (Å²) < 4.78 is 2.52. The fourth-order valence-electron chi connectivity index (χ4n) is 10.9. The normalized spacial score (nSPS) is 15.8. The Balaban J connectivity index is 1.08. The Morgan fingerprint density at radius 2 is 1.33 bits per heavy atom. The number of nitrogens with zero attached hydrogens (tertiary/aromatic N) is 2. The maximum Gasteiger partial charge on any atom is 0.0558 e. The monoisotopic (exact) mass is 808 g/mol. The molecule has 1 atom stereocenters. The largest absolute Gasteiger partial charge is 0.313 e. The van der Waals surface area contributed by atoms with Crippen molar-refractivity contribution < 1.29 is 0 Å². The second kappa shape index (κ2) is 14.9. The van der Waals surface area contributed by atoms with Crippen molar-refractivity contribution in [3.63, 3.8) is 0 Å². The van der Waals surface area contributed by atoms with E-state index in [0.717, 1.165) is 30.6 Å². The lowest BCUT2D eigenvalue weighted by Crippen LogP contribution is -2.16. The van der Waals surface area contributed by atoms with Crippen LogP contribution in [0.4, 0.5) is 17.1 Å². The van der Waals surface area contributed by atoms with Gasteiger partial charge in [0.2, 0.25) is 0 Å². The maximum absolute atomic E-state index is 2.57. The van der Waals surface area contributed by atoms with Crippen molar-refractivity contribution in [2.75, 3.05) is 4.90 Å². The molecular formula is C61H48N2. The molecule has 302 valence electrons. The van der Waals surface area contributed by atoms with Gasteiger partial charge in [0.1, 0.15) is 0 Å². The summed E-state index contributed by atoms with van der Waals surface area (Å²) in [5.74, 6) is 0.332. The molecule has 0 spiro atoms. The van der Waals surface area contributed by atoms with Gasteiger partial charge in [0.15, 0.2) is 0 Å². The van der Waals surface area contributed by atoms with Crippen molar-refractivity contribution in [2.45, 2.75) is 44.4 Å². The molecule has 63 heavy (non-hydrogen) atoms. The molecule has 0 saturated carbocycles.